The Hall–Kier alpha value is -1.77. The Morgan fingerprint density at radius 2 is 2.00 bits per heavy atom. The summed E-state index contributed by atoms with van der Waals surface area (Å²) in [5.41, 5.74) is 6.48. The smallest absolute Gasteiger partial charge is 0.322 e. The number of carboxylic acids is 1. The minimum Gasteiger partial charge on any atom is -0.508 e. The highest BCUT2D eigenvalue weighted by molar-refractivity contribution is 8.01. The largest absolute Gasteiger partial charge is 0.508 e. The molecule has 3 unspecified atom stereocenters. The molecular weight excluding hydrogens is 318 g/mol. The highest BCUT2D eigenvalue weighted by atomic mass is 32.2. The van der Waals surface area contributed by atoms with E-state index in [1.165, 1.54) is 23.9 Å². The second-order valence-electron chi connectivity index (χ2n) is 5.96. The fraction of sp³-hybridized carbons (Fsp3) is 0.467. The highest BCUT2D eigenvalue weighted by Gasteiger charge is 2.45. The number of rotatable bonds is 5. The quantitative estimate of drug-likeness (QED) is 0.526. The number of nitrogens with one attached hydrogen (secondary N) is 2. The first-order valence-corrected chi connectivity index (χ1v) is 8.07. The van der Waals surface area contributed by atoms with Crippen LogP contribution < -0.4 is 16.4 Å². The first-order chi connectivity index (χ1) is 10.7. The van der Waals surface area contributed by atoms with Crippen molar-refractivity contribution in [3.63, 3.8) is 0 Å². The number of carbonyl (C=O) groups is 2. The van der Waals surface area contributed by atoms with Crippen LogP contribution in [0.1, 0.15) is 25.5 Å². The van der Waals surface area contributed by atoms with Gasteiger partial charge in [-0.1, -0.05) is 12.1 Å². The molecule has 1 aromatic rings. The van der Waals surface area contributed by atoms with Gasteiger partial charge in [0.2, 0.25) is 5.91 Å². The number of benzene rings is 1. The third kappa shape index (κ3) is 4.15. The molecule has 7 nitrogen and oxygen atoms in total. The lowest BCUT2D eigenvalue weighted by atomic mass is 10.0. The summed E-state index contributed by atoms with van der Waals surface area (Å²) in [4.78, 5) is 23.3. The van der Waals surface area contributed by atoms with E-state index in [-0.39, 0.29) is 23.6 Å². The zero-order valence-corrected chi connectivity index (χ0v) is 13.8. The van der Waals surface area contributed by atoms with Crippen LogP contribution in [0.25, 0.3) is 0 Å². The highest BCUT2D eigenvalue weighted by Crippen LogP contribution is 2.37. The first-order valence-electron chi connectivity index (χ1n) is 7.19. The van der Waals surface area contributed by atoms with Gasteiger partial charge in [-0.25, -0.2) is 0 Å². The molecule has 8 heteroatoms. The van der Waals surface area contributed by atoms with E-state index in [9.17, 15) is 19.8 Å². The Labute approximate surface area is 138 Å². The second kappa shape index (κ2) is 6.77. The normalized spacial score (nSPS) is 24.1. The number of hydrogen-bond donors (Lipinski definition) is 5. The molecule has 2 rings (SSSR count). The molecule has 1 fully saturated rings. The fourth-order valence-corrected chi connectivity index (χ4v) is 3.87. The van der Waals surface area contributed by atoms with Crippen molar-refractivity contribution in [3.8, 4) is 5.75 Å². The molecule has 0 spiro atoms. The van der Waals surface area contributed by atoms with E-state index in [1.54, 1.807) is 12.1 Å². The number of amides is 1. The van der Waals surface area contributed by atoms with Crippen molar-refractivity contribution in [2.45, 2.75) is 36.1 Å². The standard InChI is InChI=1S/C15H21N3O4S/c1-15(2)12(14(21)22)18-10(23-15)7-17-13(20)11(16)8-3-5-9(19)6-4-8/h3-6,10-12,18-19H,7,16H2,1-2H3,(H,17,20)(H,21,22). The van der Waals surface area contributed by atoms with Crippen LogP contribution in [-0.4, -0.2) is 44.8 Å². The number of aromatic hydroxyl groups is 1. The van der Waals surface area contributed by atoms with Crippen LogP contribution in [0.15, 0.2) is 24.3 Å². The Bertz CT molecular complexity index is 591. The van der Waals surface area contributed by atoms with Crippen LogP contribution in [0, 0.1) is 0 Å². The van der Waals surface area contributed by atoms with E-state index in [2.05, 4.69) is 10.6 Å². The summed E-state index contributed by atoms with van der Waals surface area (Å²) in [5, 5.41) is 24.0. The van der Waals surface area contributed by atoms with Gasteiger partial charge in [-0.3, -0.25) is 14.9 Å². The predicted octanol–water partition coefficient (Wildman–Crippen LogP) is 0.403. The fourth-order valence-electron chi connectivity index (χ4n) is 2.46. The van der Waals surface area contributed by atoms with Crippen LogP contribution >= 0.6 is 11.8 Å². The summed E-state index contributed by atoms with van der Waals surface area (Å²) in [5.74, 6) is -1.15. The van der Waals surface area contributed by atoms with Gasteiger partial charge < -0.3 is 21.3 Å². The number of hydrogen-bond acceptors (Lipinski definition) is 6. The van der Waals surface area contributed by atoms with E-state index in [1.807, 2.05) is 13.8 Å². The molecule has 126 valence electrons. The lowest BCUT2D eigenvalue weighted by molar-refractivity contribution is -0.139. The van der Waals surface area contributed by atoms with E-state index in [0.29, 0.717) is 5.56 Å². The van der Waals surface area contributed by atoms with Gasteiger partial charge in [-0.2, -0.15) is 0 Å². The van der Waals surface area contributed by atoms with Crippen LogP contribution in [0.4, 0.5) is 0 Å². The van der Waals surface area contributed by atoms with Gasteiger partial charge in [0.25, 0.3) is 0 Å². The number of phenolic OH excluding ortho intramolecular Hbond substituents is 1. The van der Waals surface area contributed by atoms with Crippen LogP contribution in [0.3, 0.4) is 0 Å². The van der Waals surface area contributed by atoms with Gasteiger partial charge in [-0.15, -0.1) is 11.8 Å². The molecule has 1 aromatic carbocycles. The molecule has 0 saturated carbocycles. The van der Waals surface area contributed by atoms with E-state index in [4.69, 9.17) is 5.73 Å². The van der Waals surface area contributed by atoms with Crippen molar-refractivity contribution in [2.75, 3.05) is 6.54 Å². The zero-order valence-electron chi connectivity index (χ0n) is 12.9. The van der Waals surface area contributed by atoms with Crippen LogP contribution in [-0.2, 0) is 9.59 Å². The van der Waals surface area contributed by atoms with Crippen molar-refractivity contribution in [1.82, 2.24) is 10.6 Å². The Balaban J connectivity index is 1.90. The third-order valence-electron chi connectivity index (χ3n) is 3.74. The molecule has 0 bridgehead atoms. The summed E-state index contributed by atoms with van der Waals surface area (Å²) in [6, 6.07) is 4.61. The predicted molar refractivity (Wildman–Crippen MR) is 88.1 cm³/mol. The molecule has 3 atom stereocenters. The molecule has 1 aliphatic rings. The molecule has 1 aliphatic heterocycles. The molecule has 6 N–H and O–H groups in total. The van der Waals surface area contributed by atoms with Gasteiger partial charge in [0.1, 0.15) is 17.8 Å². The van der Waals surface area contributed by atoms with Crippen LogP contribution in [0.2, 0.25) is 0 Å². The molecule has 1 amide bonds. The Morgan fingerprint density at radius 3 is 2.52 bits per heavy atom. The Morgan fingerprint density at radius 1 is 1.39 bits per heavy atom. The van der Waals surface area contributed by atoms with Crippen molar-refractivity contribution >= 4 is 23.6 Å². The summed E-state index contributed by atoms with van der Waals surface area (Å²) >= 11 is 1.48. The summed E-state index contributed by atoms with van der Waals surface area (Å²) in [7, 11) is 0. The van der Waals surface area contributed by atoms with E-state index in [0.717, 1.165) is 0 Å². The Kier molecular flexibility index (Phi) is 5.18. The van der Waals surface area contributed by atoms with Crippen molar-refractivity contribution < 1.29 is 19.8 Å². The third-order valence-corrected chi connectivity index (χ3v) is 5.17. The molecule has 1 heterocycles. The van der Waals surface area contributed by atoms with Crippen LogP contribution in [0.5, 0.6) is 5.75 Å². The number of thioether (sulfide) groups is 1. The number of carboxylic acid groups (broad SMARTS) is 1. The van der Waals surface area contributed by atoms with Crippen molar-refractivity contribution in [3.05, 3.63) is 29.8 Å². The number of aliphatic carboxylic acids is 1. The van der Waals surface area contributed by atoms with E-state index < -0.39 is 22.8 Å². The lowest BCUT2D eigenvalue weighted by Gasteiger charge is -2.20. The van der Waals surface area contributed by atoms with Crippen molar-refractivity contribution in [2.24, 2.45) is 5.73 Å². The van der Waals surface area contributed by atoms with Gasteiger partial charge >= 0.3 is 5.97 Å². The lowest BCUT2D eigenvalue weighted by Crippen LogP contribution is -2.47. The topological polar surface area (TPSA) is 125 Å². The zero-order chi connectivity index (χ0) is 17.2. The monoisotopic (exact) mass is 339 g/mol. The van der Waals surface area contributed by atoms with Gasteiger partial charge in [0.15, 0.2) is 0 Å². The maximum absolute atomic E-state index is 12.1. The average Bonchev–Trinajstić information content (AvgIpc) is 2.80. The second-order valence-corrected chi connectivity index (χ2v) is 7.82. The molecular formula is C15H21N3O4S. The summed E-state index contributed by atoms with van der Waals surface area (Å²) in [6.07, 6.45) is 0. The first kappa shape index (κ1) is 17.6. The molecule has 0 aromatic heterocycles. The van der Waals surface area contributed by atoms with Gasteiger partial charge in [-0.05, 0) is 31.5 Å². The van der Waals surface area contributed by atoms with E-state index >= 15 is 0 Å². The molecule has 0 aliphatic carbocycles. The SMILES string of the molecule is CC1(C)SC(CNC(=O)C(N)c2ccc(O)cc2)NC1C(=O)O. The molecule has 23 heavy (non-hydrogen) atoms. The summed E-state index contributed by atoms with van der Waals surface area (Å²) < 4.78 is -0.458. The summed E-state index contributed by atoms with van der Waals surface area (Å²) in [6.45, 7) is 3.99. The van der Waals surface area contributed by atoms with Gasteiger partial charge in [0, 0.05) is 11.3 Å². The number of phenols is 1. The average molecular weight is 339 g/mol. The van der Waals surface area contributed by atoms with Crippen molar-refractivity contribution in [1.29, 1.82) is 0 Å². The molecule has 1 saturated heterocycles. The molecule has 0 radical (unpaired) electrons. The number of nitrogens with two attached hydrogens (primary N) is 1. The van der Waals surface area contributed by atoms with Gasteiger partial charge in [0.05, 0.1) is 5.37 Å². The maximum Gasteiger partial charge on any atom is 0.322 e. The maximum atomic E-state index is 12.1. The minimum absolute atomic E-state index is 0.106. The minimum atomic E-state index is -0.905. The number of carbonyl (C=O) groups excluding carboxylic acids is 1.